The topological polar surface area (TPSA) is 50.8 Å². The summed E-state index contributed by atoms with van der Waals surface area (Å²) in [6.07, 6.45) is 0.894. The minimum absolute atomic E-state index is 0.478. The molecule has 0 aliphatic heterocycles. The zero-order chi connectivity index (χ0) is 14.0. The third kappa shape index (κ3) is 2.19. The van der Waals surface area contributed by atoms with Gasteiger partial charge in [-0.15, -0.1) is 0 Å². The summed E-state index contributed by atoms with van der Waals surface area (Å²) < 4.78 is 7.27. The van der Waals surface area contributed by atoms with Crippen molar-refractivity contribution in [2.24, 2.45) is 7.05 Å². The highest BCUT2D eigenvalue weighted by molar-refractivity contribution is 5.61. The van der Waals surface area contributed by atoms with Gasteiger partial charge >= 0.3 is 0 Å². The SMILES string of the molecule is CCc1cc(-c2nc(C#N)c(C)n2C)ccc1OC. The molecule has 0 amide bonds. The molecule has 0 N–H and O–H groups in total. The van der Waals surface area contributed by atoms with Crippen molar-refractivity contribution in [3.05, 3.63) is 35.2 Å². The van der Waals surface area contributed by atoms with E-state index in [1.165, 1.54) is 0 Å². The van der Waals surface area contributed by atoms with Crippen LogP contribution in [-0.2, 0) is 13.5 Å². The van der Waals surface area contributed by atoms with E-state index in [4.69, 9.17) is 10.00 Å². The van der Waals surface area contributed by atoms with Gasteiger partial charge in [0, 0.05) is 12.6 Å². The van der Waals surface area contributed by atoms with E-state index >= 15 is 0 Å². The first-order valence-corrected chi connectivity index (χ1v) is 6.23. The van der Waals surface area contributed by atoms with Crippen molar-refractivity contribution in [3.63, 3.8) is 0 Å². The Balaban J connectivity index is 2.57. The zero-order valence-corrected chi connectivity index (χ0v) is 11.7. The molecule has 19 heavy (non-hydrogen) atoms. The Bertz CT molecular complexity index is 650. The third-order valence-corrected chi connectivity index (χ3v) is 3.41. The first-order chi connectivity index (χ1) is 9.12. The number of ether oxygens (including phenoxy) is 1. The average Bonchev–Trinajstić information content (AvgIpc) is 2.74. The van der Waals surface area contributed by atoms with Gasteiger partial charge in [0.25, 0.3) is 0 Å². The van der Waals surface area contributed by atoms with Gasteiger partial charge in [0.05, 0.1) is 12.8 Å². The van der Waals surface area contributed by atoms with Gasteiger partial charge < -0.3 is 9.30 Å². The summed E-state index contributed by atoms with van der Waals surface area (Å²) in [5, 5.41) is 9.04. The average molecular weight is 255 g/mol. The van der Waals surface area contributed by atoms with Crippen LogP contribution in [0.15, 0.2) is 18.2 Å². The minimum Gasteiger partial charge on any atom is -0.496 e. The van der Waals surface area contributed by atoms with Crippen LogP contribution in [-0.4, -0.2) is 16.7 Å². The monoisotopic (exact) mass is 255 g/mol. The van der Waals surface area contributed by atoms with E-state index < -0.39 is 0 Å². The first-order valence-electron chi connectivity index (χ1n) is 6.23. The second-order valence-electron chi connectivity index (χ2n) is 4.42. The smallest absolute Gasteiger partial charge is 0.162 e. The standard InChI is InChI=1S/C15H17N3O/c1-5-11-8-12(6-7-14(11)19-4)15-17-13(9-16)10(2)18(15)3/h6-8H,5H2,1-4H3. The van der Waals surface area contributed by atoms with Crippen LogP contribution in [0, 0.1) is 18.3 Å². The molecule has 0 saturated carbocycles. The van der Waals surface area contributed by atoms with Crippen LogP contribution in [0.3, 0.4) is 0 Å². The molecule has 1 aromatic carbocycles. The molecule has 0 saturated heterocycles. The molecule has 4 heteroatoms. The lowest BCUT2D eigenvalue weighted by molar-refractivity contribution is 0.410. The molecule has 0 spiro atoms. The van der Waals surface area contributed by atoms with E-state index in [1.807, 2.05) is 30.7 Å². The molecule has 2 aromatic rings. The number of hydrogen-bond acceptors (Lipinski definition) is 3. The summed E-state index contributed by atoms with van der Waals surface area (Å²) in [7, 11) is 3.60. The van der Waals surface area contributed by atoms with Crippen molar-refractivity contribution in [1.82, 2.24) is 9.55 Å². The fraction of sp³-hybridized carbons (Fsp3) is 0.333. The van der Waals surface area contributed by atoms with E-state index in [2.05, 4.69) is 24.0 Å². The van der Waals surface area contributed by atoms with Crippen molar-refractivity contribution in [1.29, 1.82) is 5.26 Å². The van der Waals surface area contributed by atoms with Crippen LogP contribution in [0.5, 0.6) is 5.75 Å². The Morgan fingerprint density at radius 1 is 1.42 bits per heavy atom. The van der Waals surface area contributed by atoms with E-state index in [0.29, 0.717) is 5.69 Å². The molecule has 98 valence electrons. The molecular formula is C15H17N3O. The molecule has 0 bridgehead atoms. The van der Waals surface area contributed by atoms with Gasteiger partial charge in [0.15, 0.2) is 5.69 Å². The van der Waals surface area contributed by atoms with Gasteiger partial charge in [-0.2, -0.15) is 5.26 Å². The van der Waals surface area contributed by atoms with E-state index in [0.717, 1.165) is 34.8 Å². The fourth-order valence-corrected chi connectivity index (χ4v) is 2.14. The van der Waals surface area contributed by atoms with Crippen LogP contribution in [0.1, 0.15) is 23.9 Å². The maximum Gasteiger partial charge on any atom is 0.162 e. The largest absolute Gasteiger partial charge is 0.496 e. The number of aromatic nitrogens is 2. The second kappa shape index (κ2) is 5.15. The summed E-state index contributed by atoms with van der Waals surface area (Å²) in [5.74, 6) is 1.70. The lowest BCUT2D eigenvalue weighted by Gasteiger charge is -2.09. The van der Waals surface area contributed by atoms with Gasteiger partial charge in [0.2, 0.25) is 0 Å². The Hall–Kier alpha value is -2.28. The van der Waals surface area contributed by atoms with Crippen molar-refractivity contribution < 1.29 is 4.74 Å². The Morgan fingerprint density at radius 3 is 2.68 bits per heavy atom. The number of nitrogens with zero attached hydrogens (tertiary/aromatic N) is 3. The van der Waals surface area contributed by atoms with Crippen LogP contribution >= 0.6 is 0 Å². The van der Waals surface area contributed by atoms with E-state index in [9.17, 15) is 0 Å². The second-order valence-corrected chi connectivity index (χ2v) is 4.42. The van der Waals surface area contributed by atoms with Crippen LogP contribution in [0.4, 0.5) is 0 Å². The van der Waals surface area contributed by atoms with Crippen molar-refractivity contribution in [2.75, 3.05) is 7.11 Å². The van der Waals surface area contributed by atoms with Crippen molar-refractivity contribution in [2.45, 2.75) is 20.3 Å². The molecule has 0 aliphatic rings. The predicted molar refractivity (Wildman–Crippen MR) is 74.0 cm³/mol. The Labute approximate surface area is 113 Å². The lowest BCUT2D eigenvalue weighted by atomic mass is 10.1. The number of nitriles is 1. The molecule has 0 radical (unpaired) electrons. The molecular weight excluding hydrogens is 238 g/mol. The number of rotatable bonds is 3. The molecule has 4 nitrogen and oxygen atoms in total. The quantitative estimate of drug-likeness (QED) is 0.847. The van der Waals surface area contributed by atoms with Crippen molar-refractivity contribution >= 4 is 0 Å². The van der Waals surface area contributed by atoms with Gasteiger partial charge in [0.1, 0.15) is 17.6 Å². The summed E-state index contributed by atoms with van der Waals surface area (Å²) in [4.78, 5) is 4.39. The highest BCUT2D eigenvalue weighted by atomic mass is 16.5. The van der Waals surface area contributed by atoms with Crippen LogP contribution in [0.2, 0.25) is 0 Å². The zero-order valence-electron chi connectivity index (χ0n) is 11.7. The van der Waals surface area contributed by atoms with Gasteiger partial charge in [-0.25, -0.2) is 4.98 Å². The van der Waals surface area contributed by atoms with Gasteiger partial charge in [-0.3, -0.25) is 0 Å². The number of hydrogen-bond donors (Lipinski definition) is 0. The molecule has 1 aromatic heterocycles. The van der Waals surface area contributed by atoms with Crippen molar-refractivity contribution in [3.8, 4) is 23.2 Å². The summed E-state index contributed by atoms with van der Waals surface area (Å²) >= 11 is 0. The number of methoxy groups -OCH3 is 1. The number of imidazole rings is 1. The van der Waals surface area contributed by atoms with Crippen LogP contribution in [0.25, 0.3) is 11.4 Å². The molecule has 1 heterocycles. The minimum atomic E-state index is 0.478. The normalized spacial score (nSPS) is 10.3. The Morgan fingerprint density at radius 2 is 2.16 bits per heavy atom. The first kappa shape index (κ1) is 13.2. The molecule has 0 fully saturated rings. The summed E-state index contributed by atoms with van der Waals surface area (Å²) in [5.41, 5.74) is 3.50. The maximum absolute atomic E-state index is 9.04. The van der Waals surface area contributed by atoms with E-state index in [-0.39, 0.29) is 0 Å². The number of aryl methyl sites for hydroxylation is 1. The molecule has 0 unspecified atom stereocenters. The predicted octanol–water partition coefficient (Wildman–Crippen LogP) is 2.84. The maximum atomic E-state index is 9.04. The fourth-order valence-electron chi connectivity index (χ4n) is 2.14. The summed E-state index contributed by atoms with van der Waals surface area (Å²) in [6, 6.07) is 8.11. The third-order valence-electron chi connectivity index (χ3n) is 3.41. The van der Waals surface area contributed by atoms with Gasteiger partial charge in [-0.05, 0) is 37.1 Å². The van der Waals surface area contributed by atoms with Gasteiger partial charge in [-0.1, -0.05) is 6.92 Å². The van der Waals surface area contributed by atoms with E-state index in [1.54, 1.807) is 7.11 Å². The summed E-state index contributed by atoms with van der Waals surface area (Å²) in [6.45, 7) is 3.99. The lowest BCUT2D eigenvalue weighted by Crippen LogP contribution is -1.97. The number of benzene rings is 1. The highest BCUT2D eigenvalue weighted by Gasteiger charge is 2.13. The highest BCUT2D eigenvalue weighted by Crippen LogP contribution is 2.27. The van der Waals surface area contributed by atoms with Crippen LogP contribution < -0.4 is 4.74 Å². The molecule has 0 aliphatic carbocycles. The molecule has 0 atom stereocenters. The Kier molecular flexibility index (Phi) is 3.57. The molecule has 2 rings (SSSR count).